The van der Waals surface area contributed by atoms with Crippen molar-refractivity contribution < 1.29 is 62.3 Å². The fraction of sp³-hybridized carbons (Fsp3) is 0.587. The number of benzene rings is 2. The zero-order valence-corrected chi connectivity index (χ0v) is 55.3. The van der Waals surface area contributed by atoms with E-state index in [1.54, 1.807) is 60.7 Å². The number of aliphatic imine (C=N–C) groups is 1. The van der Waals surface area contributed by atoms with Gasteiger partial charge in [-0.3, -0.25) is 67.3 Å². The molecule has 2 aromatic rings. The molecular weight excluding hydrogens is 1250 g/mol. The SMILES string of the molecule is CSCC[C@H](NC(=O)[C@H](CC(C)C)NC(=O)CNC(=O)[C@H](Cc1ccccc1)NC(=O)[C@H](Cc1ccccc1)NC(=O)[C@@H](CCC(N)=O)NC(=O)[C@H](CCC(N)=O)NC(=O)[C@H]1CCCN1C(=O)[C@@H](CCCCN)NC(=O)[C@@H]1CCCN1C(=O)[C@@H](N)CCCN=C(N)N)C(N)=O. The summed E-state index contributed by atoms with van der Waals surface area (Å²) in [4.78, 5) is 185. The van der Waals surface area contributed by atoms with Crippen molar-refractivity contribution in [2.24, 2.45) is 51.0 Å². The minimum absolute atomic E-state index is 0.0736. The maximum Gasteiger partial charge on any atom is 0.245 e. The van der Waals surface area contributed by atoms with Crippen LogP contribution in [0.2, 0.25) is 0 Å². The van der Waals surface area contributed by atoms with Gasteiger partial charge < -0.3 is 92.5 Å². The number of hydrogen-bond acceptors (Lipinski definition) is 17. The molecule has 2 aliphatic rings. The lowest BCUT2D eigenvalue weighted by atomic mass is 10.0. The Hall–Kier alpha value is -8.91. The molecule has 95 heavy (non-hydrogen) atoms. The van der Waals surface area contributed by atoms with Crippen LogP contribution in [0.5, 0.6) is 0 Å². The molecule has 31 nitrogen and oxygen atoms in total. The molecule has 32 heteroatoms. The average Bonchev–Trinajstić information content (AvgIpc) is 1.74. The molecule has 2 aromatic carbocycles. The van der Waals surface area contributed by atoms with Crippen molar-refractivity contribution in [3.8, 4) is 0 Å². The molecule has 2 saturated heterocycles. The largest absolute Gasteiger partial charge is 0.370 e. The second-order valence-corrected chi connectivity index (χ2v) is 25.1. The molecule has 2 aliphatic heterocycles. The Bertz CT molecular complexity index is 2960. The third-order valence-corrected chi connectivity index (χ3v) is 16.7. The van der Waals surface area contributed by atoms with Crippen LogP contribution in [-0.2, 0) is 75.2 Å². The van der Waals surface area contributed by atoms with Crippen LogP contribution in [-0.4, -0.2) is 198 Å². The Labute approximate surface area is 558 Å². The van der Waals surface area contributed by atoms with Crippen molar-refractivity contribution in [2.75, 3.05) is 44.7 Å². The van der Waals surface area contributed by atoms with Gasteiger partial charge in [-0.15, -0.1) is 0 Å². The summed E-state index contributed by atoms with van der Waals surface area (Å²) in [6, 6.07) is 4.51. The number of hydrogen-bond donors (Lipinski definition) is 15. The first-order valence-electron chi connectivity index (χ1n) is 32.2. The molecule has 0 aromatic heterocycles. The lowest BCUT2D eigenvalue weighted by Crippen LogP contribution is -2.60. The molecule has 13 amide bonds. The zero-order valence-electron chi connectivity index (χ0n) is 54.5. The highest BCUT2D eigenvalue weighted by Gasteiger charge is 2.42. The van der Waals surface area contributed by atoms with Crippen LogP contribution in [0.4, 0.5) is 0 Å². The van der Waals surface area contributed by atoms with E-state index in [0.717, 1.165) is 0 Å². The molecule has 0 aliphatic carbocycles. The first-order chi connectivity index (χ1) is 45.2. The number of thioether (sulfide) groups is 1. The number of carbonyl (C=O) groups is 13. The monoisotopic (exact) mass is 1350 g/mol. The number of rotatable bonds is 42. The van der Waals surface area contributed by atoms with Crippen molar-refractivity contribution in [1.82, 2.24) is 52.3 Å². The van der Waals surface area contributed by atoms with Gasteiger partial charge in [-0.2, -0.15) is 11.8 Å². The van der Waals surface area contributed by atoms with Gasteiger partial charge in [0, 0.05) is 45.3 Å². The number of primary amides is 3. The molecule has 2 fully saturated rings. The third kappa shape index (κ3) is 27.5. The van der Waals surface area contributed by atoms with Crippen LogP contribution >= 0.6 is 11.8 Å². The minimum Gasteiger partial charge on any atom is -0.370 e. The molecule has 524 valence electrons. The van der Waals surface area contributed by atoms with Gasteiger partial charge in [-0.25, -0.2) is 0 Å². The second kappa shape index (κ2) is 41.0. The van der Waals surface area contributed by atoms with Crippen molar-refractivity contribution in [3.05, 3.63) is 71.8 Å². The van der Waals surface area contributed by atoms with Crippen LogP contribution in [0.15, 0.2) is 65.7 Å². The molecule has 4 rings (SSSR count). The molecule has 2 heterocycles. The lowest BCUT2D eigenvalue weighted by molar-refractivity contribution is -0.144. The molecule has 22 N–H and O–H groups in total. The number of carbonyl (C=O) groups excluding carboxylic acids is 13. The highest BCUT2D eigenvalue weighted by Crippen LogP contribution is 2.24. The smallest absolute Gasteiger partial charge is 0.245 e. The Morgan fingerprint density at radius 3 is 1.51 bits per heavy atom. The van der Waals surface area contributed by atoms with Gasteiger partial charge in [0.05, 0.1) is 12.6 Å². The van der Waals surface area contributed by atoms with Gasteiger partial charge in [0.25, 0.3) is 0 Å². The standard InChI is InChI=1S/C63H98N18O13S/c1-37(2)33-45(57(89)74-41(53(68)85)27-32-95-3)73-52(84)36-72-54(86)46(34-38-15-6-4-7-16-38)78-58(90)47(35-39-17-8-5-9-18-39)79-56(88)42(23-25-50(66)82)75-55(87)43(24-26-51(67)83)76-59(91)49-22-14-31-81(49)62(94)44(20-10-11-28-64)77-60(92)48-21-13-30-80(48)61(93)40(65)19-12-29-71-63(69)70/h4-9,15-18,37,40-49H,10-14,19-36,64-65H2,1-3H3,(H2,66,82)(H2,67,83)(H2,68,85)(H,72,86)(H,73,84)(H,74,89)(H,75,87)(H,76,91)(H,77,92)(H,78,90)(H,79,88)(H4,69,70,71)/t40-,41-,42+,43-,44+,45-,46-,47-,48-,49+/m0/s1. The molecular formula is C63H98N18O13S. The number of nitrogens with zero attached hydrogens (tertiary/aromatic N) is 3. The Morgan fingerprint density at radius 1 is 0.537 bits per heavy atom. The number of unbranched alkanes of at least 4 members (excludes halogenated alkanes) is 1. The topological polar surface area (TPSA) is 519 Å². The normalized spacial score (nSPS) is 16.8. The predicted molar refractivity (Wildman–Crippen MR) is 356 cm³/mol. The molecule has 0 saturated carbocycles. The second-order valence-electron chi connectivity index (χ2n) is 24.1. The summed E-state index contributed by atoms with van der Waals surface area (Å²) < 4.78 is 0. The van der Waals surface area contributed by atoms with E-state index in [1.165, 1.54) is 21.6 Å². The third-order valence-electron chi connectivity index (χ3n) is 16.0. The van der Waals surface area contributed by atoms with Gasteiger partial charge in [0.1, 0.15) is 54.4 Å². The molecule has 10 atom stereocenters. The Kier molecular flexibility index (Phi) is 33.9. The summed E-state index contributed by atoms with van der Waals surface area (Å²) >= 11 is 1.45. The predicted octanol–water partition coefficient (Wildman–Crippen LogP) is -3.71. The highest BCUT2D eigenvalue weighted by molar-refractivity contribution is 7.98. The lowest BCUT2D eigenvalue weighted by Gasteiger charge is -2.32. The minimum atomic E-state index is -1.64. The van der Waals surface area contributed by atoms with E-state index < -0.39 is 169 Å². The van der Waals surface area contributed by atoms with Crippen LogP contribution in [0.3, 0.4) is 0 Å². The molecule has 0 unspecified atom stereocenters. The number of nitrogens with two attached hydrogens (primary N) is 7. The highest BCUT2D eigenvalue weighted by atomic mass is 32.2. The number of amides is 13. The van der Waals surface area contributed by atoms with E-state index in [4.69, 9.17) is 40.1 Å². The first kappa shape index (κ1) is 78.5. The maximum absolute atomic E-state index is 14.7. The van der Waals surface area contributed by atoms with Crippen LogP contribution in [0, 0.1) is 5.92 Å². The summed E-state index contributed by atoms with van der Waals surface area (Å²) in [5, 5.41) is 21.1. The molecule has 0 bridgehead atoms. The zero-order chi connectivity index (χ0) is 70.1. The number of nitrogens with one attached hydrogen (secondary N) is 8. The van der Waals surface area contributed by atoms with E-state index in [1.807, 2.05) is 20.1 Å². The number of guanidine groups is 1. The van der Waals surface area contributed by atoms with Crippen LogP contribution in [0.25, 0.3) is 0 Å². The summed E-state index contributed by atoms with van der Waals surface area (Å²) in [7, 11) is 0. The van der Waals surface area contributed by atoms with Crippen LogP contribution in [0.1, 0.15) is 121 Å². The van der Waals surface area contributed by atoms with E-state index in [2.05, 4.69) is 47.5 Å². The molecule has 0 spiro atoms. The summed E-state index contributed by atoms with van der Waals surface area (Å²) in [6.07, 6.45) is 3.12. The maximum atomic E-state index is 14.7. The van der Waals surface area contributed by atoms with Gasteiger partial charge in [0.2, 0.25) is 76.8 Å². The molecule has 0 radical (unpaired) electrons. The van der Waals surface area contributed by atoms with Crippen molar-refractivity contribution in [2.45, 2.75) is 183 Å². The summed E-state index contributed by atoms with van der Waals surface area (Å²) in [5.41, 5.74) is 40.6. The van der Waals surface area contributed by atoms with Gasteiger partial charge in [-0.05, 0) is 119 Å². The Morgan fingerprint density at radius 2 is 1.01 bits per heavy atom. The average molecular weight is 1350 g/mol. The van der Waals surface area contributed by atoms with E-state index in [9.17, 15) is 62.3 Å². The fourth-order valence-electron chi connectivity index (χ4n) is 11.0. The first-order valence-corrected chi connectivity index (χ1v) is 33.6. The van der Waals surface area contributed by atoms with Crippen molar-refractivity contribution in [3.63, 3.8) is 0 Å². The summed E-state index contributed by atoms with van der Waals surface area (Å²) in [5.74, 6) is -9.80. The summed E-state index contributed by atoms with van der Waals surface area (Å²) in [6.45, 7) is 3.86. The van der Waals surface area contributed by atoms with Crippen molar-refractivity contribution >= 4 is 94.5 Å². The van der Waals surface area contributed by atoms with E-state index in [-0.39, 0.29) is 83.0 Å². The number of likely N-dealkylation sites (tertiary alicyclic amines) is 2. The van der Waals surface area contributed by atoms with Crippen molar-refractivity contribution in [1.29, 1.82) is 0 Å². The fourth-order valence-corrected chi connectivity index (χ4v) is 11.5. The van der Waals surface area contributed by atoms with Gasteiger partial charge >= 0.3 is 0 Å². The van der Waals surface area contributed by atoms with Gasteiger partial charge in [-0.1, -0.05) is 74.5 Å². The van der Waals surface area contributed by atoms with E-state index in [0.29, 0.717) is 55.4 Å². The van der Waals surface area contributed by atoms with Crippen LogP contribution < -0.4 is 82.7 Å². The Balaban J connectivity index is 1.56. The van der Waals surface area contributed by atoms with E-state index >= 15 is 0 Å². The quantitative estimate of drug-likeness (QED) is 0.0173. The van der Waals surface area contributed by atoms with Gasteiger partial charge in [0.15, 0.2) is 5.96 Å².